The second kappa shape index (κ2) is 7.28. The third-order valence-corrected chi connectivity index (χ3v) is 3.28. The van der Waals surface area contributed by atoms with Crippen LogP contribution in [0.5, 0.6) is 23.3 Å². The molecule has 4 rings (SSSR count). The fourth-order valence-corrected chi connectivity index (χ4v) is 2.23. The first-order valence-corrected chi connectivity index (χ1v) is 7.24. The van der Waals surface area contributed by atoms with E-state index >= 15 is 0 Å². The van der Waals surface area contributed by atoms with E-state index in [-0.39, 0.29) is 25.6 Å². The van der Waals surface area contributed by atoms with Gasteiger partial charge in [-0.25, -0.2) is 0 Å². The molecule has 0 unspecified atom stereocenters. The molecular weight excluding hydrogens is 356 g/mol. The Kier molecular flexibility index (Phi) is 4.92. The molecule has 1 heterocycles. The molecule has 0 N–H and O–H groups in total. The molecule has 0 aliphatic rings. The van der Waals surface area contributed by atoms with Crippen molar-refractivity contribution >= 4 is 11.1 Å². The number of para-hydroxylation sites is 3. The second-order valence-corrected chi connectivity index (χ2v) is 4.91. The molecule has 5 heteroatoms. The molecule has 3 aromatic carbocycles. The van der Waals surface area contributed by atoms with Gasteiger partial charge in [0.05, 0.1) is 0 Å². The molecule has 0 aliphatic carbocycles. The summed E-state index contributed by atoms with van der Waals surface area (Å²) in [6, 6.07) is 24.5. The zero-order valence-electron chi connectivity index (χ0n) is 12.9. The van der Waals surface area contributed by atoms with E-state index in [1.165, 1.54) is 0 Å². The largest absolute Gasteiger partial charge is 0.455 e. The summed E-state index contributed by atoms with van der Waals surface area (Å²) in [5, 5.41) is 0. The zero-order valence-corrected chi connectivity index (χ0v) is 15.9. The van der Waals surface area contributed by atoms with Crippen LogP contribution in [0.1, 0.15) is 0 Å². The van der Waals surface area contributed by atoms with Crippen LogP contribution in [0.4, 0.5) is 0 Å². The maximum absolute atomic E-state index is 5.88. The normalized spacial score (nSPS) is 10.2. The third kappa shape index (κ3) is 3.47. The number of aromatic nitrogens is 1. The molecular formula is C19H13NO3Zn. The minimum absolute atomic E-state index is 0. The summed E-state index contributed by atoms with van der Waals surface area (Å²) < 4.78 is 17.1. The van der Waals surface area contributed by atoms with E-state index in [2.05, 4.69) is 4.98 Å². The first-order valence-electron chi connectivity index (χ1n) is 7.24. The van der Waals surface area contributed by atoms with E-state index in [9.17, 15) is 0 Å². The first kappa shape index (κ1) is 16.2. The van der Waals surface area contributed by atoms with Gasteiger partial charge in [0, 0.05) is 19.5 Å². The van der Waals surface area contributed by atoms with Crippen molar-refractivity contribution in [1.29, 1.82) is 0 Å². The summed E-state index contributed by atoms with van der Waals surface area (Å²) in [5.41, 5.74) is 1.24. The molecule has 1 aromatic heterocycles. The van der Waals surface area contributed by atoms with Gasteiger partial charge in [-0.05, 0) is 36.4 Å². The maximum Gasteiger partial charge on any atom is 0.400 e. The van der Waals surface area contributed by atoms with Crippen molar-refractivity contribution < 1.29 is 33.4 Å². The molecule has 0 bridgehead atoms. The van der Waals surface area contributed by atoms with Crippen LogP contribution in [0, 0.1) is 0 Å². The van der Waals surface area contributed by atoms with Crippen molar-refractivity contribution in [2.45, 2.75) is 0 Å². The summed E-state index contributed by atoms with van der Waals surface area (Å²) in [4.78, 5) is 4.39. The van der Waals surface area contributed by atoms with Crippen molar-refractivity contribution in [2.75, 3.05) is 0 Å². The van der Waals surface area contributed by atoms with Crippen LogP contribution in [0.2, 0.25) is 0 Å². The van der Waals surface area contributed by atoms with E-state index < -0.39 is 0 Å². The van der Waals surface area contributed by atoms with Crippen LogP contribution in [-0.4, -0.2) is 4.98 Å². The summed E-state index contributed by atoms with van der Waals surface area (Å²) in [6.45, 7) is 0. The third-order valence-electron chi connectivity index (χ3n) is 3.28. The minimum Gasteiger partial charge on any atom is -0.455 e. The number of hydrogen-bond acceptors (Lipinski definition) is 4. The Morgan fingerprint density at radius 1 is 0.667 bits per heavy atom. The molecule has 4 nitrogen and oxygen atoms in total. The van der Waals surface area contributed by atoms with Gasteiger partial charge in [-0.3, -0.25) is 0 Å². The van der Waals surface area contributed by atoms with Crippen molar-refractivity contribution in [3.05, 3.63) is 78.9 Å². The molecule has 0 fully saturated rings. The standard InChI is InChI=1S/C19H13NO3.Zn/c1-3-8-14(9-4-1)21-16-12-7-13-17-18(16)20-19(23-17)22-15-10-5-2-6-11-15;/h1-13H;. The van der Waals surface area contributed by atoms with Gasteiger partial charge in [0.1, 0.15) is 11.5 Å². The van der Waals surface area contributed by atoms with Crippen LogP contribution in [0.3, 0.4) is 0 Å². The zero-order chi connectivity index (χ0) is 15.5. The van der Waals surface area contributed by atoms with Crippen LogP contribution in [0.25, 0.3) is 11.1 Å². The molecule has 0 saturated carbocycles. The molecule has 114 valence electrons. The van der Waals surface area contributed by atoms with Crippen LogP contribution in [0.15, 0.2) is 83.3 Å². The SMILES string of the molecule is [Zn].c1ccc(Oc2nc3c(Oc4ccccc4)cccc3o2)cc1. The monoisotopic (exact) mass is 367 g/mol. The van der Waals surface area contributed by atoms with E-state index in [1.54, 1.807) is 0 Å². The summed E-state index contributed by atoms with van der Waals surface area (Å²) >= 11 is 0. The number of hydrogen-bond donors (Lipinski definition) is 0. The molecule has 0 atom stereocenters. The summed E-state index contributed by atoms with van der Waals surface area (Å²) in [5.74, 6) is 2.04. The van der Waals surface area contributed by atoms with Gasteiger partial charge < -0.3 is 13.9 Å². The first-order chi connectivity index (χ1) is 11.4. The van der Waals surface area contributed by atoms with Gasteiger partial charge in [0.2, 0.25) is 0 Å². The van der Waals surface area contributed by atoms with Gasteiger partial charge in [0.25, 0.3) is 0 Å². The Hall–Kier alpha value is -2.65. The van der Waals surface area contributed by atoms with E-state index in [0.717, 1.165) is 5.75 Å². The molecule has 4 aromatic rings. The summed E-state index contributed by atoms with van der Waals surface area (Å²) in [6.07, 6.45) is 0.190. The number of rotatable bonds is 4. The quantitative estimate of drug-likeness (QED) is 0.452. The molecule has 0 saturated heterocycles. The predicted octanol–water partition coefficient (Wildman–Crippen LogP) is 5.41. The van der Waals surface area contributed by atoms with Crippen molar-refractivity contribution in [2.24, 2.45) is 0 Å². The van der Waals surface area contributed by atoms with Gasteiger partial charge in [-0.1, -0.05) is 42.5 Å². The Morgan fingerprint density at radius 3 is 1.96 bits per heavy atom. The molecule has 24 heavy (non-hydrogen) atoms. The number of oxazole rings is 1. The smallest absolute Gasteiger partial charge is 0.400 e. The van der Waals surface area contributed by atoms with E-state index in [1.807, 2.05) is 78.9 Å². The maximum atomic E-state index is 5.88. The van der Waals surface area contributed by atoms with Gasteiger partial charge in [0.15, 0.2) is 16.8 Å². The van der Waals surface area contributed by atoms with Crippen LogP contribution in [-0.2, 0) is 19.5 Å². The molecule has 0 aliphatic heterocycles. The fraction of sp³-hybridized carbons (Fsp3) is 0. The Bertz CT molecular complexity index is 923. The van der Waals surface area contributed by atoms with Crippen molar-refractivity contribution in [3.8, 4) is 23.3 Å². The Labute approximate surface area is 151 Å². The van der Waals surface area contributed by atoms with Crippen molar-refractivity contribution in [3.63, 3.8) is 0 Å². The minimum atomic E-state index is 0. The number of ether oxygens (including phenoxy) is 2. The van der Waals surface area contributed by atoms with E-state index in [4.69, 9.17) is 13.9 Å². The molecule has 0 radical (unpaired) electrons. The second-order valence-electron chi connectivity index (χ2n) is 4.91. The molecule has 0 spiro atoms. The molecule has 0 amide bonds. The average Bonchev–Trinajstić information content (AvgIpc) is 3.00. The number of nitrogens with zero attached hydrogens (tertiary/aromatic N) is 1. The summed E-state index contributed by atoms with van der Waals surface area (Å²) in [7, 11) is 0. The number of benzene rings is 3. The van der Waals surface area contributed by atoms with Crippen LogP contribution >= 0.6 is 0 Å². The fourth-order valence-electron chi connectivity index (χ4n) is 2.23. The van der Waals surface area contributed by atoms with Gasteiger partial charge in [-0.2, -0.15) is 4.98 Å². The Morgan fingerprint density at radius 2 is 1.29 bits per heavy atom. The van der Waals surface area contributed by atoms with Crippen LogP contribution < -0.4 is 9.47 Å². The Balaban J connectivity index is 0.00000169. The van der Waals surface area contributed by atoms with Crippen molar-refractivity contribution in [1.82, 2.24) is 4.98 Å². The topological polar surface area (TPSA) is 44.5 Å². The predicted molar refractivity (Wildman–Crippen MR) is 87.0 cm³/mol. The number of fused-ring (bicyclic) bond motifs is 1. The average molecular weight is 369 g/mol. The van der Waals surface area contributed by atoms with Gasteiger partial charge >= 0.3 is 6.08 Å². The van der Waals surface area contributed by atoms with Gasteiger partial charge in [-0.15, -0.1) is 0 Å². The van der Waals surface area contributed by atoms with E-state index in [0.29, 0.717) is 22.6 Å².